The van der Waals surface area contributed by atoms with Gasteiger partial charge < -0.3 is 5.32 Å². The highest BCUT2D eigenvalue weighted by atomic mass is 35.5. The maximum Gasteiger partial charge on any atom is 0.273 e. The minimum absolute atomic E-state index is 0.158. The van der Waals surface area contributed by atoms with Crippen LogP contribution in [0.25, 0.3) is 5.69 Å². The van der Waals surface area contributed by atoms with Crippen molar-refractivity contribution in [1.82, 2.24) is 9.78 Å². The van der Waals surface area contributed by atoms with Gasteiger partial charge in [-0.25, -0.2) is 4.68 Å². The van der Waals surface area contributed by atoms with E-state index in [0.29, 0.717) is 22.9 Å². The van der Waals surface area contributed by atoms with Gasteiger partial charge in [0.2, 0.25) is 5.91 Å². The number of thioether (sulfide) groups is 1. The van der Waals surface area contributed by atoms with E-state index in [4.69, 9.17) is 11.6 Å². The molecule has 1 unspecified atom stereocenters. The van der Waals surface area contributed by atoms with E-state index >= 15 is 0 Å². The van der Waals surface area contributed by atoms with Crippen LogP contribution in [-0.4, -0.2) is 20.9 Å². The molecule has 26 heavy (non-hydrogen) atoms. The smallest absolute Gasteiger partial charge is 0.273 e. The van der Waals surface area contributed by atoms with E-state index in [1.54, 1.807) is 12.1 Å². The molecule has 134 valence electrons. The van der Waals surface area contributed by atoms with Gasteiger partial charge in [-0.1, -0.05) is 36.7 Å². The Kier molecular flexibility index (Phi) is 5.85. The summed E-state index contributed by atoms with van der Waals surface area (Å²) in [5.41, 5.74) is 0.477. The number of hydrogen-bond donors (Lipinski definition) is 2. The average molecular weight is 388 g/mol. The van der Waals surface area contributed by atoms with Crippen LogP contribution in [0.5, 0.6) is 0 Å². The Bertz CT molecular complexity index is 935. The molecule has 0 fully saturated rings. The number of H-pyrrole nitrogens is 1. The largest absolute Gasteiger partial charge is 0.310 e. The minimum atomic E-state index is -0.278. The van der Waals surface area contributed by atoms with Crippen molar-refractivity contribution in [2.45, 2.75) is 23.5 Å². The molecular formula is C19H18ClN3O2S. The Morgan fingerprint density at radius 1 is 1.19 bits per heavy atom. The van der Waals surface area contributed by atoms with E-state index in [9.17, 15) is 9.59 Å². The zero-order valence-electron chi connectivity index (χ0n) is 14.1. The van der Waals surface area contributed by atoms with E-state index in [2.05, 4.69) is 10.4 Å². The molecule has 7 heteroatoms. The Morgan fingerprint density at radius 3 is 2.54 bits per heavy atom. The highest BCUT2D eigenvalue weighted by molar-refractivity contribution is 8.00. The number of rotatable bonds is 6. The molecule has 0 saturated heterocycles. The zero-order chi connectivity index (χ0) is 18.5. The summed E-state index contributed by atoms with van der Waals surface area (Å²) in [6.07, 6.45) is 0.656. The van der Waals surface area contributed by atoms with Gasteiger partial charge in [-0.05, 0) is 42.8 Å². The fraction of sp³-hybridized carbons (Fsp3) is 0.158. The van der Waals surface area contributed by atoms with Crippen LogP contribution >= 0.6 is 23.4 Å². The molecular weight excluding hydrogens is 370 g/mol. The fourth-order valence-electron chi connectivity index (χ4n) is 2.44. The molecule has 3 aromatic rings. The van der Waals surface area contributed by atoms with E-state index < -0.39 is 0 Å². The average Bonchev–Trinajstić information content (AvgIpc) is 3.02. The van der Waals surface area contributed by atoms with Gasteiger partial charge in [-0.15, -0.1) is 11.8 Å². The van der Waals surface area contributed by atoms with Crippen LogP contribution in [0.3, 0.4) is 0 Å². The highest BCUT2D eigenvalue weighted by Gasteiger charge is 2.19. The molecule has 2 aromatic carbocycles. The number of carbonyl (C=O) groups is 1. The SMILES string of the molecule is CCC(Sc1ccc(Cl)cc1)C(=O)Nc1cc(=O)n(-c2ccccc2)[nH]1. The topological polar surface area (TPSA) is 66.9 Å². The van der Waals surface area contributed by atoms with Gasteiger partial charge in [-0.3, -0.25) is 14.7 Å². The van der Waals surface area contributed by atoms with E-state index in [1.165, 1.54) is 22.5 Å². The van der Waals surface area contributed by atoms with Gasteiger partial charge in [0.15, 0.2) is 0 Å². The summed E-state index contributed by atoms with van der Waals surface area (Å²) in [6, 6.07) is 17.9. The first kappa shape index (κ1) is 18.4. The second-order valence-electron chi connectivity index (χ2n) is 5.64. The summed E-state index contributed by atoms with van der Waals surface area (Å²) in [4.78, 5) is 25.7. The highest BCUT2D eigenvalue weighted by Crippen LogP contribution is 2.27. The Labute approximate surface area is 160 Å². The van der Waals surface area contributed by atoms with Crippen LogP contribution in [0.4, 0.5) is 5.82 Å². The van der Waals surface area contributed by atoms with Crippen molar-refractivity contribution in [3.63, 3.8) is 0 Å². The maximum absolute atomic E-state index is 12.6. The third-order valence-corrected chi connectivity index (χ3v) is 5.38. The van der Waals surface area contributed by atoms with Gasteiger partial charge >= 0.3 is 0 Å². The number of para-hydroxylation sites is 1. The maximum atomic E-state index is 12.6. The van der Waals surface area contributed by atoms with Crippen molar-refractivity contribution in [2.75, 3.05) is 5.32 Å². The molecule has 0 aliphatic rings. The zero-order valence-corrected chi connectivity index (χ0v) is 15.7. The molecule has 0 bridgehead atoms. The second kappa shape index (κ2) is 8.29. The van der Waals surface area contributed by atoms with Crippen molar-refractivity contribution >= 4 is 35.1 Å². The van der Waals surface area contributed by atoms with Gasteiger partial charge in [-0.2, -0.15) is 0 Å². The fourth-order valence-corrected chi connectivity index (χ4v) is 3.52. The lowest BCUT2D eigenvalue weighted by molar-refractivity contribution is -0.115. The molecule has 1 atom stereocenters. The molecule has 1 aromatic heterocycles. The number of nitrogens with one attached hydrogen (secondary N) is 2. The van der Waals surface area contributed by atoms with Crippen molar-refractivity contribution < 1.29 is 4.79 Å². The number of aromatic nitrogens is 2. The number of carbonyl (C=O) groups excluding carboxylic acids is 1. The van der Waals surface area contributed by atoms with Crippen molar-refractivity contribution in [3.05, 3.63) is 76.0 Å². The first-order valence-electron chi connectivity index (χ1n) is 8.17. The first-order valence-corrected chi connectivity index (χ1v) is 9.43. The van der Waals surface area contributed by atoms with Crippen molar-refractivity contribution in [1.29, 1.82) is 0 Å². The lowest BCUT2D eigenvalue weighted by Crippen LogP contribution is -2.24. The summed E-state index contributed by atoms with van der Waals surface area (Å²) in [6.45, 7) is 1.95. The Morgan fingerprint density at radius 2 is 1.88 bits per heavy atom. The molecule has 0 spiro atoms. The standard InChI is InChI=1S/C19H18ClN3O2S/c1-2-16(26-15-10-8-13(20)9-11-15)19(25)21-17-12-18(24)23(22-17)14-6-4-3-5-7-14/h3-12,16,22H,2H2,1H3,(H,21,25). The lowest BCUT2D eigenvalue weighted by atomic mass is 10.3. The van der Waals surface area contributed by atoms with Gasteiger partial charge in [0, 0.05) is 16.0 Å². The third kappa shape index (κ3) is 4.39. The Balaban J connectivity index is 1.72. The molecule has 1 amide bonds. The summed E-state index contributed by atoms with van der Waals surface area (Å²) in [5, 5.41) is 6.10. The summed E-state index contributed by atoms with van der Waals surface area (Å²) < 4.78 is 1.39. The molecule has 5 nitrogen and oxygen atoms in total. The number of hydrogen-bond acceptors (Lipinski definition) is 3. The van der Waals surface area contributed by atoms with Gasteiger partial charge in [0.1, 0.15) is 5.82 Å². The molecule has 3 rings (SSSR count). The monoisotopic (exact) mass is 387 g/mol. The first-order chi connectivity index (χ1) is 12.6. The summed E-state index contributed by atoms with van der Waals surface area (Å²) >= 11 is 7.36. The number of amides is 1. The third-order valence-electron chi connectivity index (χ3n) is 3.75. The van der Waals surface area contributed by atoms with Crippen LogP contribution < -0.4 is 10.9 Å². The second-order valence-corrected chi connectivity index (χ2v) is 7.35. The van der Waals surface area contributed by atoms with E-state index in [-0.39, 0.29) is 16.7 Å². The van der Waals surface area contributed by atoms with E-state index in [1.807, 2.05) is 49.4 Å². The van der Waals surface area contributed by atoms with Gasteiger partial charge in [0.05, 0.1) is 10.9 Å². The molecule has 0 aliphatic carbocycles. The van der Waals surface area contributed by atoms with E-state index in [0.717, 1.165) is 4.90 Å². The quantitative estimate of drug-likeness (QED) is 0.618. The van der Waals surface area contributed by atoms with Crippen LogP contribution in [0, 0.1) is 0 Å². The Hall–Kier alpha value is -2.44. The molecule has 0 saturated carbocycles. The number of aromatic amines is 1. The molecule has 2 N–H and O–H groups in total. The number of nitrogens with zero attached hydrogens (tertiary/aromatic N) is 1. The number of halogens is 1. The van der Waals surface area contributed by atoms with Crippen molar-refractivity contribution in [2.24, 2.45) is 0 Å². The predicted molar refractivity (Wildman–Crippen MR) is 106 cm³/mol. The van der Waals surface area contributed by atoms with Crippen LogP contribution in [0.15, 0.2) is 70.4 Å². The number of anilines is 1. The molecule has 0 radical (unpaired) electrons. The van der Waals surface area contributed by atoms with Gasteiger partial charge in [0.25, 0.3) is 5.56 Å². The normalized spacial score (nSPS) is 11.9. The van der Waals surface area contributed by atoms with Crippen LogP contribution in [-0.2, 0) is 4.79 Å². The summed E-state index contributed by atoms with van der Waals surface area (Å²) in [5.74, 6) is 0.216. The van der Waals surface area contributed by atoms with Crippen molar-refractivity contribution in [3.8, 4) is 5.69 Å². The molecule has 0 aliphatic heterocycles. The molecule has 1 heterocycles. The number of benzene rings is 2. The van der Waals surface area contributed by atoms with Crippen LogP contribution in [0.1, 0.15) is 13.3 Å². The lowest BCUT2D eigenvalue weighted by Gasteiger charge is -2.14. The van der Waals surface area contributed by atoms with Crippen LogP contribution in [0.2, 0.25) is 5.02 Å². The minimum Gasteiger partial charge on any atom is -0.310 e. The summed E-state index contributed by atoms with van der Waals surface area (Å²) in [7, 11) is 0. The predicted octanol–water partition coefficient (Wildman–Crippen LogP) is 4.33.